The lowest BCUT2D eigenvalue weighted by Crippen LogP contribution is -2.51. The molecule has 1 unspecified atom stereocenters. The molecule has 1 aliphatic heterocycles. The molecule has 2 aromatic rings. The molecule has 26 heavy (non-hydrogen) atoms. The number of benzene rings is 2. The Bertz CT molecular complexity index is 767. The summed E-state index contributed by atoms with van der Waals surface area (Å²) in [5, 5.41) is 2.45. The molecule has 5 heteroatoms. The molecule has 3 rings (SSSR count). The molecule has 0 aliphatic carbocycles. The zero-order valence-electron chi connectivity index (χ0n) is 16.2. The van der Waals surface area contributed by atoms with E-state index in [1.165, 1.54) is 16.3 Å². The van der Waals surface area contributed by atoms with E-state index in [-0.39, 0.29) is 6.03 Å². The Morgan fingerprint density at radius 1 is 1.08 bits per heavy atom. The molecule has 0 spiro atoms. The fourth-order valence-corrected chi connectivity index (χ4v) is 3.57. The van der Waals surface area contributed by atoms with Gasteiger partial charge in [-0.3, -0.25) is 4.90 Å². The zero-order valence-corrected chi connectivity index (χ0v) is 16.2. The summed E-state index contributed by atoms with van der Waals surface area (Å²) < 4.78 is 5.30. The minimum Gasteiger partial charge on any atom is -0.497 e. The highest BCUT2D eigenvalue weighted by atomic mass is 16.5. The van der Waals surface area contributed by atoms with Crippen LogP contribution in [0.4, 0.5) is 4.79 Å². The van der Waals surface area contributed by atoms with Gasteiger partial charge in [-0.25, -0.2) is 4.79 Å². The quantitative estimate of drug-likeness (QED) is 0.845. The molecule has 140 valence electrons. The van der Waals surface area contributed by atoms with Crippen molar-refractivity contribution in [2.75, 3.05) is 53.9 Å². The monoisotopic (exact) mass is 355 g/mol. The first-order chi connectivity index (χ1) is 12.5. The first-order valence-electron chi connectivity index (χ1n) is 9.24. The van der Waals surface area contributed by atoms with Gasteiger partial charge in [0.15, 0.2) is 0 Å². The Labute approximate surface area is 156 Å². The van der Waals surface area contributed by atoms with E-state index < -0.39 is 0 Å². The molecule has 1 aliphatic rings. The number of hydrogen-bond donors (Lipinski definition) is 0. The maximum Gasteiger partial charge on any atom is 0.319 e. The molecule has 0 aromatic heterocycles. The van der Waals surface area contributed by atoms with Gasteiger partial charge in [-0.15, -0.1) is 0 Å². The van der Waals surface area contributed by atoms with Crippen molar-refractivity contribution in [2.24, 2.45) is 0 Å². The summed E-state index contributed by atoms with van der Waals surface area (Å²) in [6, 6.07) is 13.0. The number of ether oxygens (including phenoxy) is 1. The molecule has 0 saturated carbocycles. The second kappa shape index (κ2) is 7.96. The van der Waals surface area contributed by atoms with Crippen LogP contribution in [-0.2, 0) is 0 Å². The maximum atomic E-state index is 12.0. The van der Waals surface area contributed by atoms with Crippen molar-refractivity contribution in [1.29, 1.82) is 0 Å². The molecular formula is C21H29N3O2. The molecule has 1 saturated heterocycles. The van der Waals surface area contributed by atoms with Gasteiger partial charge >= 0.3 is 6.03 Å². The van der Waals surface area contributed by atoms with Gasteiger partial charge in [0, 0.05) is 46.8 Å². The van der Waals surface area contributed by atoms with Crippen LogP contribution >= 0.6 is 0 Å². The predicted molar refractivity (Wildman–Crippen MR) is 106 cm³/mol. The molecule has 1 atom stereocenters. The summed E-state index contributed by atoms with van der Waals surface area (Å²) >= 11 is 0. The van der Waals surface area contributed by atoms with Gasteiger partial charge in [0.1, 0.15) is 5.75 Å². The first kappa shape index (κ1) is 18.5. The lowest BCUT2D eigenvalue weighted by molar-refractivity contribution is 0.120. The van der Waals surface area contributed by atoms with Crippen molar-refractivity contribution in [3.63, 3.8) is 0 Å². The fraction of sp³-hybridized carbons (Fsp3) is 0.476. The van der Waals surface area contributed by atoms with Crippen molar-refractivity contribution in [1.82, 2.24) is 14.7 Å². The number of rotatable bonds is 4. The summed E-state index contributed by atoms with van der Waals surface area (Å²) in [6.45, 7) is 6.79. The van der Waals surface area contributed by atoms with Crippen LogP contribution in [0.2, 0.25) is 0 Å². The maximum absolute atomic E-state index is 12.0. The number of carbonyl (C=O) groups is 1. The second-order valence-corrected chi connectivity index (χ2v) is 7.34. The third-order valence-electron chi connectivity index (χ3n) is 5.20. The van der Waals surface area contributed by atoms with Gasteiger partial charge in [-0.1, -0.05) is 31.2 Å². The highest BCUT2D eigenvalue weighted by molar-refractivity contribution is 5.84. The minimum absolute atomic E-state index is 0.114. The minimum atomic E-state index is 0.114. The number of nitrogens with zero attached hydrogens (tertiary/aromatic N) is 3. The Hall–Kier alpha value is -2.27. The summed E-state index contributed by atoms with van der Waals surface area (Å²) in [5.74, 6) is 1.35. The molecular weight excluding hydrogens is 326 g/mol. The van der Waals surface area contributed by atoms with Crippen LogP contribution in [-0.4, -0.2) is 74.7 Å². The third kappa shape index (κ3) is 4.10. The lowest BCUT2D eigenvalue weighted by Gasteiger charge is -2.37. The lowest BCUT2D eigenvalue weighted by atomic mass is 9.97. The molecule has 2 amide bonds. The van der Waals surface area contributed by atoms with Gasteiger partial charge in [-0.05, 0) is 34.4 Å². The predicted octanol–water partition coefficient (Wildman–Crippen LogP) is 3.25. The average Bonchev–Trinajstić information content (AvgIpc) is 2.67. The molecule has 1 fully saturated rings. The van der Waals surface area contributed by atoms with Crippen molar-refractivity contribution in [3.05, 3.63) is 42.0 Å². The first-order valence-corrected chi connectivity index (χ1v) is 9.24. The number of fused-ring (bicyclic) bond motifs is 1. The Morgan fingerprint density at radius 2 is 1.73 bits per heavy atom. The largest absolute Gasteiger partial charge is 0.497 e. The van der Waals surface area contributed by atoms with E-state index >= 15 is 0 Å². The van der Waals surface area contributed by atoms with Crippen molar-refractivity contribution in [3.8, 4) is 5.75 Å². The van der Waals surface area contributed by atoms with Crippen LogP contribution in [0.1, 0.15) is 18.4 Å². The van der Waals surface area contributed by atoms with E-state index in [0.717, 1.165) is 38.5 Å². The second-order valence-electron chi connectivity index (χ2n) is 7.34. The third-order valence-corrected chi connectivity index (χ3v) is 5.20. The fourth-order valence-electron chi connectivity index (χ4n) is 3.57. The van der Waals surface area contributed by atoms with Gasteiger partial charge < -0.3 is 14.5 Å². The summed E-state index contributed by atoms with van der Waals surface area (Å²) in [4.78, 5) is 18.1. The van der Waals surface area contributed by atoms with E-state index in [0.29, 0.717) is 5.92 Å². The summed E-state index contributed by atoms with van der Waals surface area (Å²) in [6.07, 6.45) is 0. The molecule has 2 aromatic carbocycles. The number of piperazine rings is 1. The van der Waals surface area contributed by atoms with E-state index in [1.807, 2.05) is 25.1 Å². The SMILES string of the molecule is COc1ccc2cc(C(C)CN3CCN(C(=O)N(C)C)CC3)ccc2c1. The van der Waals surface area contributed by atoms with E-state index in [2.05, 4.69) is 42.2 Å². The molecule has 1 heterocycles. The topological polar surface area (TPSA) is 36.0 Å². The normalized spacial score (nSPS) is 16.5. The highest BCUT2D eigenvalue weighted by Crippen LogP contribution is 2.25. The summed E-state index contributed by atoms with van der Waals surface area (Å²) in [5.41, 5.74) is 1.36. The highest BCUT2D eigenvalue weighted by Gasteiger charge is 2.23. The van der Waals surface area contributed by atoms with E-state index in [4.69, 9.17) is 4.74 Å². The Balaban J connectivity index is 1.61. The number of hydrogen-bond acceptors (Lipinski definition) is 3. The molecule has 0 N–H and O–H groups in total. The van der Waals surface area contributed by atoms with Crippen molar-refractivity contribution < 1.29 is 9.53 Å². The van der Waals surface area contributed by atoms with Crippen LogP contribution in [0.25, 0.3) is 10.8 Å². The molecule has 0 radical (unpaired) electrons. The standard InChI is InChI=1S/C21H29N3O2/c1-16(15-23-9-11-24(12-10-23)21(25)22(2)3)17-5-6-19-14-20(26-4)8-7-18(19)13-17/h5-8,13-14,16H,9-12,15H2,1-4H3. The number of methoxy groups -OCH3 is 1. The van der Waals surface area contributed by atoms with Crippen LogP contribution in [0, 0.1) is 0 Å². The number of urea groups is 1. The number of amides is 2. The van der Waals surface area contributed by atoms with E-state index in [9.17, 15) is 4.79 Å². The van der Waals surface area contributed by atoms with Crippen LogP contribution in [0.5, 0.6) is 5.75 Å². The van der Waals surface area contributed by atoms with Gasteiger partial charge in [0.2, 0.25) is 0 Å². The van der Waals surface area contributed by atoms with Crippen LogP contribution in [0.15, 0.2) is 36.4 Å². The van der Waals surface area contributed by atoms with Gasteiger partial charge in [0.25, 0.3) is 0 Å². The van der Waals surface area contributed by atoms with Crippen molar-refractivity contribution >= 4 is 16.8 Å². The van der Waals surface area contributed by atoms with Gasteiger partial charge in [0.05, 0.1) is 7.11 Å². The smallest absolute Gasteiger partial charge is 0.319 e. The molecule has 0 bridgehead atoms. The Morgan fingerprint density at radius 3 is 2.38 bits per heavy atom. The molecule has 5 nitrogen and oxygen atoms in total. The van der Waals surface area contributed by atoms with Crippen molar-refractivity contribution in [2.45, 2.75) is 12.8 Å². The number of carbonyl (C=O) groups excluding carboxylic acids is 1. The van der Waals surface area contributed by atoms with E-state index in [1.54, 1.807) is 12.0 Å². The zero-order chi connectivity index (χ0) is 18.7. The average molecular weight is 355 g/mol. The van der Waals surface area contributed by atoms with Crippen LogP contribution in [0.3, 0.4) is 0 Å². The Kier molecular flexibility index (Phi) is 5.67. The van der Waals surface area contributed by atoms with Crippen LogP contribution < -0.4 is 4.74 Å². The summed E-state index contributed by atoms with van der Waals surface area (Å²) in [7, 11) is 5.32. The van der Waals surface area contributed by atoms with Gasteiger partial charge in [-0.2, -0.15) is 0 Å².